The van der Waals surface area contributed by atoms with Gasteiger partial charge in [0.2, 0.25) is 0 Å². The Morgan fingerprint density at radius 3 is 2.76 bits per heavy atom. The van der Waals surface area contributed by atoms with Gasteiger partial charge >= 0.3 is 5.97 Å². The summed E-state index contributed by atoms with van der Waals surface area (Å²) in [6, 6.07) is 13.6. The first-order valence-electron chi connectivity index (χ1n) is 9.47. The summed E-state index contributed by atoms with van der Waals surface area (Å²) in [7, 11) is 1.36. The summed E-state index contributed by atoms with van der Waals surface area (Å²) in [4.78, 5) is 16.7. The number of hydrogen-bond donors (Lipinski definition) is 1. The van der Waals surface area contributed by atoms with Crippen molar-refractivity contribution < 1.29 is 18.3 Å². The number of hydrogen-bond acceptors (Lipinski definition) is 5. The number of nitrogens with zero attached hydrogens (tertiary/aromatic N) is 1. The van der Waals surface area contributed by atoms with Gasteiger partial charge in [-0.2, -0.15) is 0 Å². The Kier molecular flexibility index (Phi) is 4.92. The average molecular weight is 392 g/mol. The van der Waals surface area contributed by atoms with Crippen molar-refractivity contribution in [3.05, 3.63) is 59.9 Å². The molecule has 0 unspecified atom stereocenters. The van der Waals surface area contributed by atoms with Crippen LogP contribution < -0.4 is 5.32 Å². The molecule has 1 atom stereocenters. The number of methoxy groups -OCH3 is 1. The first-order valence-corrected chi connectivity index (χ1v) is 9.47. The Morgan fingerprint density at radius 1 is 1.17 bits per heavy atom. The van der Waals surface area contributed by atoms with Crippen molar-refractivity contribution in [2.75, 3.05) is 12.4 Å². The van der Waals surface area contributed by atoms with Gasteiger partial charge in [-0.25, -0.2) is 14.2 Å². The lowest BCUT2D eigenvalue weighted by Crippen LogP contribution is -2.14. The van der Waals surface area contributed by atoms with E-state index in [1.165, 1.54) is 19.2 Å². The van der Waals surface area contributed by atoms with Crippen molar-refractivity contribution in [3.8, 4) is 11.5 Å². The van der Waals surface area contributed by atoms with E-state index in [4.69, 9.17) is 14.1 Å². The van der Waals surface area contributed by atoms with Crippen LogP contribution in [0.3, 0.4) is 0 Å². The summed E-state index contributed by atoms with van der Waals surface area (Å²) < 4.78 is 24.3. The number of nitrogens with one attached hydrogen (secondary N) is 1. The number of fused-ring (bicyclic) bond motifs is 2. The van der Waals surface area contributed by atoms with Gasteiger partial charge in [0.1, 0.15) is 17.1 Å². The van der Waals surface area contributed by atoms with Crippen LogP contribution in [0.25, 0.3) is 33.3 Å². The fraction of sp³-hybridized carbons (Fsp3) is 0.217. The van der Waals surface area contributed by atoms with Crippen molar-refractivity contribution in [2.24, 2.45) is 0 Å². The monoisotopic (exact) mass is 392 g/mol. The molecule has 29 heavy (non-hydrogen) atoms. The van der Waals surface area contributed by atoms with Crippen LogP contribution in [0.2, 0.25) is 0 Å². The number of carbonyl (C=O) groups excluding carboxylic acids is 1. The van der Waals surface area contributed by atoms with Crippen molar-refractivity contribution in [2.45, 2.75) is 26.3 Å². The van der Waals surface area contributed by atoms with Crippen LogP contribution in [0, 0.1) is 5.82 Å². The van der Waals surface area contributed by atoms with Crippen molar-refractivity contribution in [1.82, 2.24) is 4.98 Å². The van der Waals surface area contributed by atoms with E-state index in [2.05, 4.69) is 19.2 Å². The van der Waals surface area contributed by atoms with Gasteiger partial charge in [-0.05, 0) is 61.9 Å². The molecule has 2 aromatic carbocycles. The summed E-state index contributed by atoms with van der Waals surface area (Å²) in [5.74, 6) is -0.160. The van der Waals surface area contributed by atoms with E-state index >= 15 is 0 Å². The quantitative estimate of drug-likeness (QED) is 0.436. The highest BCUT2D eigenvalue weighted by atomic mass is 19.1. The number of ether oxygens (including phenoxy) is 1. The summed E-state index contributed by atoms with van der Waals surface area (Å²) in [6.45, 7) is 4.16. The van der Waals surface area contributed by atoms with Crippen molar-refractivity contribution in [1.29, 1.82) is 0 Å². The number of pyridine rings is 1. The minimum Gasteiger partial charge on any atom is -0.465 e. The number of aromatic nitrogens is 1. The predicted octanol–water partition coefficient (Wildman–Crippen LogP) is 5.78. The number of furan rings is 1. The molecule has 0 fully saturated rings. The summed E-state index contributed by atoms with van der Waals surface area (Å²) in [5, 5.41) is 4.94. The summed E-state index contributed by atoms with van der Waals surface area (Å²) in [5.41, 5.74) is 3.20. The molecule has 4 rings (SSSR count). The molecule has 1 N–H and O–H groups in total. The summed E-state index contributed by atoms with van der Waals surface area (Å²) in [6.07, 6.45) is 0.922. The standard InChI is InChI=1S/C23H21FN2O3/c1-4-13(2)25-19-11-15-9-14(23(27)28-3)5-7-18(15)26-22(19)21-12-16-10-17(24)6-8-20(16)29-21/h5-13,25H,4H2,1-3H3/t13-/m0/s1. The van der Waals surface area contributed by atoms with Crippen molar-refractivity contribution >= 4 is 33.5 Å². The third-order valence-corrected chi connectivity index (χ3v) is 4.96. The number of rotatable bonds is 5. The third-order valence-electron chi connectivity index (χ3n) is 4.96. The van der Waals surface area contributed by atoms with Crippen LogP contribution in [0.1, 0.15) is 30.6 Å². The molecule has 2 heterocycles. The van der Waals surface area contributed by atoms with E-state index in [-0.39, 0.29) is 11.9 Å². The molecule has 0 bridgehead atoms. The molecule has 4 aromatic rings. The van der Waals surface area contributed by atoms with Gasteiger partial charge in [-0.15, -0.1) is 0 Å². The van der Waals surface area contributed by atoms with E-state index in [9.17, 15) is 9.18 Å². The van der Waals surface area contributed by atoms with E-state index in [0.29, 0.717) is 33.5 Å². The smallest absolute Gasteiger partial charge is 0.337 e. The molecule has 0 radical (unpaired) electrons. The maximum absolute atomic E-state index is 13.6. The number of halogens is 1. The Balaban J connectivity index is 1.89. The van der Waals surface area contributed by atoms with Crippen LogP contribution in [-0.4, -0.2) is 24.1 Å². The van der Waals surface area contributed by atoms with E-state index in [0.717, 1.165) is 17.5 Å². The van der Waals surface area contributed by atoms with Gasteiger partial charge in [0.15, 0.2) is 5.76 Å². The fourth-order valence-corrected chi connectivity index (χ4v) is 3.22. The minimum absolute atomic E-state index is 0.207. The van der Waals surface area contributed by atoms with Crippen LogP contribution in [0.5, 0.6) is 0 Å². The van der Waals surface area contributed by atoms with Gasteiger partial charge in [0, 0.05) is 16.8 Å². The number of benzene rings is 2. The van der Waals surface area contributed by atoms with Crippen LogP contribution in [0.15, 0.2) is 52.9 Å². The molecule has 0 saturated carbocycles. The Bertz CT molecular complexity index is 1220. The third kappa shape index (κ3) is 3.66. The van der Waals surface area contributed by atoms with Crippen LogP contribution in [-0.2, 0) is 4.74 Å². The Hall–Kier alpha value is -3.41. The molecule has 0 saturated heterocycles. The maximum atomic E-state index is 13.6. The van der Waals surface area contributed by atoms with Gasteiger partial charge < -0.3 is 14.5 Å². The zero-order valence-electron chi connectivity index (χ0n) is 16.5. The zero-order chi connectivity index (χ0) is 20.5. The zero-order valence-corrected chi connectivity index (χ0v) is 16.5. The van der Waals surface area contributed by atoms with Gasteiger partial charge in [0.25, 0.3) is 0 Å². The van der Waals surface area contributed by atoms with Gasteiger partial charge in [-0.1, -0.05) is 6.92 Å². The lowest BCUT2D eigenvalue weighted by Gasteiger charge is -2.16. The minimum atomic E-state index is -0.397. The topological polar surface area (TPSA) is 64.4 Å². The average Bonchev–Trinajstić information content (AvgIpc) is 3.15. The van der Waals surface area contributed by atoms with E-state index < -0.39 is 5.97 Å². The highest BCUT2D eigenvalue weighted by Crippen LogP contribution is 2.34. The van der Waals surface area contributed by atoms with E-state index in [1.807, 2.05) is 6.07 Å². The SMILES string of the molecule is CC[C@H](C)Nc1cc2cc(C(=O)OC)ccc2nc1-c1cc2cc(F)ccc2o1. The highest BCUT2D eigenvalue weighted by molar-refractivity contribution is 5.97. The maximum Gasteiger partial charge on any atom is 0.337 e. The van der Waals surface area contributed by atoms with E-state index in [1.54, 1.807) is 30.3 Å². The molecule has 0 aliphatic rings. The molecule has 148 valence electrons. The Morgan fingerprint density at radius 2 is 2.00 bits per heavy atom. The van der Waals surface area contributed by atoms with Gasteiger partial charge in [-0.3, -0.25) is 0 Å². The summed E-state index contributed by atoms with van der Waals surface area (Å²) >= 11 is 0. The molecule has 0 aliphatic heterocycles. The second-order valence-electron chi connectivity index (χ2n) is 7.03. The molecule has 0 aliphatic carbocycles. The van der Waals surface area contributed by atoms with Crippen LogP contribution in [0.4, 0.5) is 10.1 Å². The first kappa shape index (κ1) is 18.9. The number of anilines is 1. The largest absolute Gasteiger partial charge is 0.465 e. The van der Waals surface area contributed by atoms with Crippen molar-refractivity contribution in [3.63, 3.8) is 0 Å². The molecule has 0 amide bonds. The lowest BCUT2D eigenvalue weighted by molar-refractivity contribution is 0.0601. The fourth-order valence-electron chi connectivity index (χ4n) is 3.22. The normalized spacial score (nSPS) is 12.3. The molecule has 0 spiro atoms. The van der Waals surface area contributed by atoms with Crippen LogP contribution >= 0.6 is 0 Å². The highest BCUT2D eigenvalue weighted by Gasteiger charge is 2.17. The molecule has 5 nitrogen and oxygen atoms in total. The molecule has 6 heteroatoms. The number of esters is 1. The second-order valence-corrected chi connectivity index (χ2v) is 7.03. The predicted molar refractivity (Wildman–Crippen MR) is 112 cm³/mol. The molecular weight excluding hydrogens is 371 g/mol. The number of carbonyl (C=O) groups is 1. The molecule has 2 aromatic heterocycles. The lowest BCUT2D eigenvalue weighted by atomic mass is 10.1. The van der Waals surface area contributed by atoms with Gasteiger partial charge in [0.05, 0.1) is 23.9 Å². The molecular formula is C23H21FN2O3. The Labute approximate surface area is 167 Å². The first-order chi connectivity index (χ1) is 14.0. The second kappa shape index (κ2) is 7.54.